The summed E-state index contributed by atoms with van der Waals surface area (Å²) in [7, 11) is 0. The first-order chi connectivity index (χ1) is 20.0. The lowest BCUT2D eigenvalue weighted by atomic mass is 9.45. The molecular formula is C39H52O2. The Morgan fingerprint density at radius 1 is 0.512 bits per heavy atom. The van der Waals surface area contributed by atoms with Crippen molar-refractivity contribution < 1.29 is 9.47 Å². The van der Waals surface area contributed by atoms with Crippen molar-refractivity contribution in [3.05, 3.63) is 28.8 Å². The molecule has 12 saturated carbocycles. The largest absolute Gasteiger partial charge is 0.490 e. The molecule has 0 spiro atoms. The molecule has 1 aromatic rings. The van der Waals surface area contributed by atoms with Crippen LogP contribution in [0.2, 0.25) is 0 Å². The van der Waals surface area contributed by atoms with Crippen LogP contribution in [0, 0.1) is 53.3 Å². The number of hydrogen-bond acceptors (Lipinski definition) is 2. The standard InChI is InChI=1S/C39H52O2/c1-23-2-25-3-24(1)13-37(12-23,14-25)32-10-34(38-15-26-4-27(16-38)6-28(5-26)17-38)36(41-22-33-21-40-33)35(11-32)39-18-29-7-30(19-39)9-31(8-29)20-39/h10-11,23-31,33H,1-9,12-22H2. The molecule has 13 fully saturated rings. The lowest BCUT2D eigenvalue weighted by molar-refractivity contribution is -0.0135. The van der Waals surface area contributed by atoms with Crippen molar-refractivity contribution in [3.63, 3.8) is 0 Å². The van der Waals surface area contributed by atoms with Crippen LogP contribution in [0.5, 0.6) is 5.75 Å². The molecule has 13 aliphatic rings. The Labute approximate surface area is 248 Å². The minimum absolute atomic E-state index is 0.339. The van der Waals surface area contributed by atoms with Gasteiger partial charge in [-0.05, 0) is 191 Å². The minimum Gasteiger partial charge on any atom is -0.490 e. The quantitative estimate of drug-likeness (QED) is 0.329. The maximum atomic E-state index is 7.22. The Kier molecular flexibility index (Phi) is 4.84. The summed E-state index contributed by atoms with van der Waals surface area (Å²) in [5, 5.41) is 0. The lowest BCUT2D eigenvalue weighted by Crippen LogP contribution is -2.51. The summed E-state index contributed by atoms with van der Waals surface area (Å²) < 4.78 is 13.0. The lowest BCUT2D eigenvalue weighted by Gasteiger charge is -2.60. The normalized spacial score (nSPS) is 54.7. The van der Waals surface area contributed by atoms with Crippen molar-refractivity contribution in [2.45, 2.75) is 138 Å². The molecule has 14 rings (SSSR count). The molecule has 12 aliphatic carbocycles. The molecule has 0 aromatic heterocycles. The number of ether oxygens (including phenoxy) is 2. The highest BCUT2D eigenvalue weighted by molar-refractivity contribution is 5.55. The highest BCUT2D eigenvalue weighted by Crippen LogP contribution is 2.68. The van der Waals surface area contributed by atoms with Gasteiger partial charge in [0.25, 0.3) is 0 Å². The van der Waals surface area contributed by atoms with Crippen molar-refractivity contribution in [2.75, 3.05) is 13.2 Å². The highest BCUT2D eigenvalue weighted by atomic mass is 16.6. The molecule has 12 bridgehead atoms. The van der Waals surface area contributed by atoms with Crippen LogP contribution in [-0.2, 0) is 21.0 Å². The molecule has 1 unspecified atom stereocenters. The summed E-state index contributed by atoms with van der Waals surface area (Å²) in [5.41, 5.74) is 6.57. The average molecular weight is 553 g/mol. The number of epoxide rings is 1. The first-order valence-electron chi connectivity index (χ1n) is 18.4. The highest BCUT2D eigenvalue weighted by Gasteiger charge is 2.58. The average Bonchev–Trinajstić information content (AvgIpc) is 3.74. The van der Waals surface area contributed by atoms with Crippen LogP contribution in [0.4, 0.5) is 0 Å². The fraction of sp³-hybridized carbons (Fsp3) is 0.846. The molecule has 41 heavy (non-hydrogen) atoms. The molecule has 1 aliphatic heterocycles. The summed E-state index contributed by atoms with van der Waals surface area (Å²) in [5.74, 6) is 10.3. The fourth-order valence-electron chi connectivity index (χ4n) is 15.6. The van der Waals surface area contributed by atoms with Crippen LogP contribution >= 0.6 is 0 Å². The van der Waals surface area contributed by atoms with Crippen molar-refractivity contribution >= 4 is 0 Å². The van der Waals surface area contributed by atoms with Crippen molar-refractivity contribution in [3.8, 4) is 5.75 Å². The number of rotatable bonds is 6. The molecule has 1 aromatic carbocycles. The van der Waals surface area contributed by atoms with Gasteiger partial charge in [-0.15, -0.1) is 0 Å². The van der Waals surface area contributed by atoms with Crippen molar-refractivity contribution in [1.29, 1.82) is 0 Å². The molecule has 0 radical (unpaired) electrons. The van der Waals surface area contributed by atoms with Crippen molar-refractivity contribution in [2.24, 2.45) is 53.3 Å². The fourth-order valence-corrected chi connectivity index (χ4v) is 15.6. The second kappa shape index (κ2) is 8.17. The Hall–Kier alpha value is -1.02. The third-order valence-corrected chi connectivity index (χ3v) is 15.8. The Morgan fingerprint density at radius 2 is 0.829 bits per heavy atom. The Balaban J connectivity index is 1.12. The van der Waals surface area contributed by atoms with E-state index in [-0.39, 0.29) is 0 Å². The van der Waals surface area contributed by atoms with Gasteiger partial charge in [0.15, 0.2) is 0 Å². The van der Waals surface area contributed by atoms with E-state index >= 15 is 0 Å². The summed E-state index contributed by atoms with van der Waals surface area (Å²) in [6.45, 7) is 1.69. The van der Waals surface area contributed by atoms with E-state index < -0.39 is 0 Å². The molecule has 1 saturated heterocycles. The van der Waals surface area contributed by atoms with E-state index in [0.29, 0.717) is 22.3 Å². The predicted molar refractivity (Wildman–Crippen MR) is 161 cm³/mol. The summed E-state index contributed by atoms with van der Waals surface area (Å²) in [6, 6.07) is 5.76. The zero-order chi connectivity index (χ0) is 26.6. The molecule has 0 amide bonds. The van der Waals surface area contributed by atoms with E-state index in [0.717, 1.165) is 66.5 Å². The SMILES string of the molecule is c1c(C23CC4CC(CC(C4)C2)C3)cc(C23CC4CC(CC(C4)C2)C3)c(OCC2CO2)c1C12CC3CC(CC(C3)C1)C2. The van der Waals surface area contributed by atoms with Gasteiger partial charge in [-0.3, -0.25) is 0 Å². The molecular weight excluding hydrogens is 500 g/mol. The van der Waals surface area contributed by atoms with Crippen LogP contribution in [0.1, 0.15) is 132 Å². The second-order valence-electron chi connectivity index (χ2n) is 18.8. The van der Waals surface area contributed by atoms with Crippen LogP contribution in [0.3, 0.4) is 0 Å². The molecule has 2 nitrogen and oxygen atoms in total. The zero-order valence-electron chi connectivity index (χ0n) is 25.4. The van der Waals surface area contributed by atoms with Gasteiger partial charge in [0.05, 0.1) is 6.61 Å². The molecule has 220 valence electrons. The number of hydrogen-bond donors (Lipinski definition) is 0. The van der Waals surface area contributed by atoms with Gasteiger partial charge in [0, 0.05) is 11.1 Å². The molecule has 1 atom stereocenters. The molecule has 0 N–H and O–H groups in total. The maximum Gasteiger partial charge on any atom is 0.126 e. The topological polar surface area (TPSA) is 21.8 Å². The van der Waals surface area contributed by atoms with E-state index in [9.17, 15) is 0 Å². The summed E-state index contributed by atoms with van der Waals surface area (Å²) in [6.07, 6.45) is 27.4. The van der Waals surface area contributed by atoms with Gasteiger partial charge in [0.2, 0.25) is 0 Å². The first-order valence-corrected chi connectivity index (χ1v) is 18.4. The Bertz CT molecular complexity index is 1100. The van der Waals surface area contributed by atoms with Gasteiger partial charge in [0.1, 0.15) is 18.5 Å². The smallest absolute Gasteiger partial charge is 0.126 e. The van der Waals surface area contributed by atoms with Crippen LogP contribution < -0.4 is 4.74 Å². The van der Waals surface area contributed by atoms with Gasteiger partial charge in [-0.1, -0.05) is 12.1 Å². The molecule has 2 heteroatoms. The molecule has 1 heterocycles. The van der Waals surface area contributed by atoms with E-state index in [1.807, 2.05) is 5.56 Å². The van der Waals surface area contributed by atoms with E-state index in [1.54, 1.807) is 30.4 Å². The minimum atomic E-state index is 0.339. The second-order valence-corrected chi connectivity index (χ2v) is 18.8. The monoisotopic (exact) mass is 552 g/mol. The van der Waals surface area contributed by atoms with Crippen LogP contribution in [0.25, 0.3) is 0 Å². The number of benzene rings is 1. The van der Waals surface area contributed by atoms with Crippen molar-refractivity contribution in [1.82, 2.24) is 0 Å². The van der Waals surface area contributed by atoms with Gasteiger partial charge < -0.3 is 9.47 Å². The zero-order valence-corrected chi connectivity index (χ0v) is 25.4. The van der Waals surface area contributed by atoms with E-state index in [4.69, 9.17) is 9.47 Å². The van der Waals surface area contributed by atoms with E-state index in [1.165, 1.54) is 102 Å². The summed E-state index contributed by atoms with van der Waals surface area (Å²) in [4.78, 5) is 0. The van der Waals surface area contributed by atoms with Gasteiger partial charge in [-0.25, -0.2) is 0 Å². The predicted octanol–water partition coefficient (Wildman–Crippen LogP) is 8.87. The first kappa shape index (κ1) is 24.3. The van der Waals surface area contributed by atoms with Gasteiger partial charge >= 0.3 is 0 Å². The van der Waals surface area contributed by atoms with Gasteiger partial charge in [-0.2, -0.15) is 0 Å². The third-order valence-electron chi connectivity index (χ3n) is 15.8. The van der Waals surface area contributed by atoms with Crippen LogP contribution in [0.15, 0.2) is 12.1 Å². The maximum absolute atomic E-state index is 7.22. The summed E-state index contributed by atoms with van der Waals surface area (Å²) >= 11 is 0. The third kappa shape index (κ3) is 3.58. The Morgan fingerprint density at radius 3 is 1.15 bits per heavy atom. The van der Waals surface area contributed by atoms with E-state index in [2.05, 4.69) is 12.1 Å². The van der Waals surface area contributed by atoms with Crippen LogP contribution in [-0.4, -0.2) is 19.3 Å².